The van der Waals surface area contributed by atoms with Gasteiger partial charge in [0.05, 0.1) is 18.8 Å². The summed E-state index contributed by atoms with van der Waals surface area (Å²) in [6, 6.07) is 2.92. The second kappa shape index (κ2) is 4.55. The van der Waals surface area contributed by atoms with Crippen molar-refractivity contribution in [2.75, 3.05) is 13.2 Å². The summed E-state index contributed by atoms with van der Waals surface area (Å²) in [4.78, 5) is 10.9. The molecule has 0 amide bonds. The van der Waals surface area contributed by atoms with E-state index in [2.05, 4.69) is 0 Å². The van der Waals surface area contributed by atoms with E-state index < -0.39 is 11.6 Å². The van der Waals surface area contributed by atoms with Crippen molar-refractivity contribution >= 4 is 6.29 Å². The Kier molecular flexibility index (Phi) is 3.26. The zero-order valence-corrected chi connectivity index (χ0v) is 9.96. The van der Waals surface area contributed by atoms with Crippen LogP contribution >= 0.6 is 0 Å². The Morgan fingerprint density at radius 2 is 2.06 bits per heavy atom. The molecule has 1 heterocycles. The lowest BCUT2D eigenvalue weighted by atomic mass is 9.94. The van der Waals surface area contributed by atoms with Gasteiger partial charge in [0, 0.05) is 12.0 Å². The van der Waals surface area contributed by atoms with Gasteiger partial charge in [0.2, 0.25) is 0 Å². The van der Waals surface area contributed by atoms with Crippen molar-refractivity contribution in [3.05, 3.63) is 34.6 Å². The molecule has 1 saturated heterocycles. The van der Waals surface area contributed by atoms with E-state index in [1.807, 2.05) is 6.92 Å². The molecule has 0 unspecified atom stereocenters. The van der Waals surface area contributed by atoms with Crippen molar-refractivity contribution in [1.29, 1.82) is 0 Å². The van der Waals surface area contributed by atoms with Gasteiger partial charge in [-0.2, -0.15) is 0 Å². The first-order chi connectivity index (χ1) is 8.14. The lowest BCUT2D eigenvalue weighted by Crippen LogP contribution is -2.27. The molecule has 1 fully saturated rings. The molecule has 3 nitrogen and oxygen atoms in total. The van der Waals surface area contributed by atoms with Crippen molar-refractivity contribution in [3.8, 4) is 0 Å². The number of hydrogen-bond donors (Lipinski definition) is 0. The van der Waals surface area contributed by atoms with E-state index in [1.54, 1.807) is 13.0 Å². The monoisotopic (exact) mass is 238 g/mol. The molecule has 0 aromatic heterocycles. The zero-order chi connectivity index (χ0) is 12.5. The molecular weight excluding hydrogens is 223 g/mol. The van der Waals surface area contributed by atoms with Crippen LogP contribution in [-0.2, 0) is 15.3 Å². The van der Waals surface area contributed by atoms with Crippen LogP contribution in [0.4, 0.5) is 4.39 Å². The fourth-order valence-corrected chi connectivity index (χ4v) is 2.26. The Hall–Kier alpha value is -1.26. The van der Waals surface area contributed by atoms with Crippen LogP contribution in [0.5, 0.6) is 0 Å². The van der Waals surface area contributed by atoms with Gasteiger partial charge >= 0.3 is 0 Å². The minimum atomic E-state index is -0.824. The Morgan fingerprint density at radius 1 is 1.41 bits per heavy atom. The largest absolute Gasteiger partial charge is 0.343 e. The molecule has 17 heavy (non-hydrogen) atoms. The molecule has 0 radical (unpaired) electrons. The third-order valence-electron chi connectivity index (χ3n) is 3.21. The lowest BCUT2D eigenvalue weighted by molar-refractivity contribution is -0.168. The molecule has 1 aromatic rings. The first-order valence-corrected chi connectivity index (χ1v) is 5.67. The average molecular weight is 238 g/mol. The van der Waals surface area contributed by atoms with Crippen LogP contribution in [0.2, 0.25) is 0 Å². The Labute approximate surface area is 99.5 Å². The highest BCUT2D eigenvalue weighted by Gasteiger charge is 2.38. The maximum absolute atomic E-state index is 13.4. The van der Waals surface area contributed by atoms with E-state index in [0.717, 1.165) is 5.56 Å². The fourth-order valence-electron chi connectivity index (χ4n) is 2.26. The smallest absolute Gasteiger partial charge is 0.194 e. The lowest BCUT2D eigenvalue weighted by Gasteiger charge is -2.28. The molecule has 0 atom stereocenters. The summed E-state index contributed by atoms with van der Waals surface area (Å²) in [5.41, 5.74) is 1.40. The van der Waals surface area contributed by atoms with Crippen LogP contribution in [0, 0.1) is 12.7 Å². The summed E-state index contributed by atoms with van der Waals surface area (Å²) in [7, 11) is 0. The van der Waals surface area contributed by atoms with E-state index in [4.69, 9.17) is 9.47 Å². The number of carbonyl (C=O) groups is 1. The van der Waals surface area contributed by atoms with Crippen molar-refractivity contribution in [3.63, 3.8) is 0 Å². The van der Waals surface area contributed by atoms with Crippen molar-refractivity contribution in [1.82, 2.24) is 0 Å². The Bertz CT molecular complexity index is 437. The quantitative estimate of drug-likeness (QED) is 0.759. The molecular formula is C13H15FO3. The molecule has 2 rings (SSSR count). The summed E-state index contributed by atoms with van der Waals surface area (Å²) in [5, 5.41) is 0. The van der Waals surface area contributed by atoms with Crippen molar-refractivity contribution < 1.29 is 18.7 Å². The molecule has 0 bridgehead atoms. The van der Waals surface area contributed by atoms with Crippen LogP contribution in [0.3, 0.4) is 0 Å². The predicted molar refractivity (Wildman–Crippen MR) is 60.4 cm³/mol. The maximum Gasteiger partial charge on any atom is 0.194 e. The third-order valence-corrected chi connectivity index (χ3v) is 3.21. The van der Waals surface area contributed by atoms with Gasteiger partial charge in [0.15, 0.2) is 12.1 Å². The number of aldehydes is 1. The summed E-state index contributed by atoms with van der Waals surface area (Å²) in [6.07, 6.45) is 1.16. The molecule has 0 N–H and O–H groups in total. The van der Waals surface area contributed by atoms with Gasteiger partial charge in [-0.15, -0.1) is 0 Å². The molecule has 1 aliphatic heterocycles. The number of carbonyl (C=O) groups excluding carboxylic acids is 1. The van der Waals surface area contributed by atoms with Crippen LogP contribution in [-0.4, -0.2) is 19.5 Å². The molecule has 1 aromatic carbocycles. The first-order valence-electron chi connectivity index (χ1n) is 5.67. The van der Waals surface area contributed by atoms with Gasteiger partial charge in [0.1, 0.15) is 5.82 Å². The Morgan fingerprint density at radius 3 is 2.59 bits per heavy atom. The highest BCUT2D eigenvalue weighted by atomic mass is 19.1. The maximum atomic E-state index is 13.4. The van der Waals surface area contributed by atoms with Gasteiger partial charge < -0.3 is 9.47 Å². The Balaban J connectivity index is 2.55. The highest BCUT2D eigenvalue weighted by molar-refractivity contribution is 5.78. The van der Waals surface area contributed by atoms with Gasteiger partial charge in [-0.1, -0.05) is 13.0 Å². The summed E-state index contributed by atoms with van der Waals surface area (Å²) < 4.78 is 24.7. The zero-order valence-electron chi connectivity index (χ0n) is 9.96. The number of rotatable bonds is 3. The topological polar surface area (TPSA) is 35.5 Å². The van der Waals surface area contributed by atoms with E-state index in [1.165, 1.54) is 6.07 Å². The van der Waals surface area contributed by atoms with Gasteiger partial charge in [-0.25, -0.2) is 4.39 Å². The fraction of sp³-hybridized carbons (Fsp3) is 0.462. The number of halogens is 1. The van der Waals surface area contributed by atoms with E-state index in [9.17, 15) is 9.18 Å². The summed E-state index contributed by atoms with van der Waals surface area (Å²) in [6.45, 7) is 4.68. The average Bonchev–Trinajstić information content (AvgIpc) is 2.79. The van der Waals surface area contributed by atoms with Gasteiger partial charge in [-0.05, 0) is 18.6 Å². The molecule has 0 spiro atoms. The van der Waals surface area contributed by atoms with Gasteiger partial charge in [0.25, 0.3) is 0 Å². The number of hydrogen-bond acceptors (Lipinski definition) is 3. The van der Waals surface area contributed by atoms with Crippen LogP contribution < -0.4 is 0 Å². The SMILES string of the molecule is CCC1(c2ccc(F)c(C=O)c2C)OCCO1. The second-order valence-electron chi connectivity index (χ2n) is 4.05. The van der Waals surface area contributed by atoms with Crippen molar-refractivity contribution in [2.45, 2.75) is 26.1 Å². The van der Waals surface area contributed by atoms with Crippen molar-refractivity contribution in [2.24, 2.45) is 0 Å². The summed E-state index contributed by atoms with van der Waals surface area (Å²) >= 11 is 0. The molecule has 1 aliphatic rings. The first kappa shape index (κ1) is 12.2. The van der Waals surface area contributed by atoms with E-state index in [0.29, 0.717) is 31.5 Å². The third kappa shape index (κ3) is 1.87. The van der Waals surface area contributed by atoms with E-state index in [-0.39, 0.29) is 5.56 Å². The number of benzene rings is 1. The molecule has 92 valence electrons. The van der Waals surface area contributed by atoms with Crippen LogP contribution in [0.25, 0.3) is 0 Å². The summed E-state index contributed by atoms with van der Waals surface area (Å²) in [5.74, 6) is -1.33. The van der Waals surface area contributed by atoms with Crippen LogP contribution in [0.15, 0.2) is 12.1 Å². The minimum Gasteiger partial charge on any atom is -0.343 e. The second-order valence-corrected chi connectivity index (χ2v) is 4.05. The molecule has 0 saturated carbocycles. The minimum absolute atomic E-state index is 0.0782. The number of ether oxygens (including phenoxy) is 2. The molecule has 0 aliphatic carbocycles. The standard InChI is InChI=1S/C13H15FO3/c1-3-13(16-6-7-17-13)11-4-5-12(14)10(8-15)9(11)2/h4-5,8H,3,6-7H2,1-2H3. The van der Waals surface area contributed by atoms with E-state index >= 15 is 0 Å². The normalized spacial score (nSPS) is 18.3. The predicted octanol–water partition coefficient (Wildman–Crippen LogP) is 2.56. The van der Waals surface area contributed by atoms with Gasteiger partial charge in [-0.3, -0.25) is 4.79 Å². The highest BCUT2D eigenvalue weighted by Crippen LogP contribution is 2.37. The molecule has 4 heteroatoms. The van der Waals surface area contributed by atoms with Crippen LogP contribution in [0.1, 0.15) is 34.8 Å².